The Labute approximate surface area is 148 Å². The van der Waals surface area contributed by atoms with Crippen LogP contribution in [0.4, 0.5) is 4.39 Å². The number of aromatic nitrogens is 1. The van der Waals surface area contributed by atoms with Crippen molar-refractivity contribution in [2.75, 3.05) is 33.3 Å². The molecule has 8 heteroatoms. The average molecular weight is 369 g/mol. The van der Waals surface area contributed by atoms with E-state index in [1.165, 1.54) is 18.3 Å². The number of piperidine rings is 1. The van der Waals surface area contributed by atoms with E-state index in [2.05, 4.69) is 16.9 Å². The molecule has 3 aliphatic rings. The van der Waals surface area contributed by atoms with E-state index in [1.54, 1.807) is 4.31 Å². The molecule has 25 heavy (non-hydrogen) atoms. The number of hydrogen-bond acceptors (Lipinski definition) is 5. The lowest BCUT2D eigenvalue weighted by Gasteiger charge is -2.57. The third kappa shape index (κ3) is 3.15. The van der Waals surface area contributed by atoms with Crippen LogP contribution in [-0.2, 0) is 10.0 Å². The third-order valence-corrected chi connectivity index (χ3v) is 8.07. The predicted octanol–water partition coefficient (Wildman–Crippen LogP) is 1.49. The van der Waals surface area contributed by atoms with Gasteiger partial charge in [-0.3, -0.25) is 4.90 Å². The predicted molar refractivity (Wildman–Crippen MR) is 91.3 cm³/mol. The van der Waals surface area contributed by atoms with E-state index in [4.69, 9.17) is 4.74 Å². The Kier molecular flexibility index (Phi) is 4.24. The molecule has 2 aliphatic heterocycles. The molecule has 0 aromatic carbocycles. The van der Waals surface area contributed by atoms with Crippen LogP contribution in [0.15, 0.2) is 18.3 Å². The second-order valence-corrected chi connectivity index (χ2v) is 9.83. The third-order valence-electron chi connectivity index (χ3n) is 5.78. The standard InChI is InChI=1S/C17H24FN3O3S/c1-20-8-6-13(10-24-16-15(18)3-2-7-19-16)9-17(20)11-21(12-17)25(22,23)14-4-5-14/h2-3,7,13-14H,4-6,8-12H2,1H3/t13-/m0/s1. The van der Waals surface area contributed by atoms with Gasteiger partial charge in [0.15, 0.2) is 5.82 Å². The second kappa shape index (κ2) is 6.17. The maximum atomic E-state index is 13.6. The molecular formula is C17H24FN3O3S. The Morgan fingerprint density at radius 3 is 2.80 bits per heavy atom. The highest BCUT2D eigenvalue weighted by Gasteiger charge is 2.55. The highest BCUT2D eigenvalue weighted by Crippen LogP contribution is 2.42. The monoisotopic (exact) mass is 369 g/mol. The quantitative estimate of drug-likeness (QED) is 0.787. The number of halogens is 1. The van der Waals surface area contributed by atoms with Crippen molar-refractivity contribution >= 4 is 10.0 Å². The highest BCUT2D eigenvalue weighted by molar-refractivity contribution is 7.90. The molecule has 2 saturated heterocycles. The fourth-order valence-corrected chi connectivity index (χ4v) is 5.96. The van der Waals surface area contributed by atoms with Crippen molar-refractivity contribution < 1.29 is 17.5 Å². The Morgan fingerprint density at radius 1 is 1.36 bits per heavy atom. The summed E-state index contributed by atoms with van der Waals surface area (Å²) in [6, 6.07) is 2.88. The molecule has 1 aromatic heterocycles. The number of hydrogen-bond donors (Lipinski definition) is 0. The molecule has 1 saturated carbocycles. The van der Waals surface area contributed by atoms with Gasteiger partial charge in [-0.1, -0.05) is 0 Å². The van der Waals surface area contributed by atoms with Gasteiger partial charge in [0.05, 0.1) is 11.9 Å². The lowest BCUT2D eigenvalue weighted by atomic mass is 9.77. The van der Waals surface area contributed by atoms with Crippen LogP contribution in [0.1, 0.15) is 25.7 Å². The van der Waals surface area contributed by atoms with E-state index < -0.39 is 15.8 Å². The van der Waals surface area contributed by atoms with Gasteiger partial charge in [-0.15, -0.1) is 0 Å². The molecule has 6 nitrogen and oxygen atoms in total. The highest BCUT2D eigenvalue weighted by atomic mass is 32.2. The summed E-state index contributed by atoms with van der Waals surface area (Å²) in [6.45, 7) is 2.45. The first kappa shape index (κ1) is 17.2. The lowest BCUT2D eigenvalue weighted by molar-refractivity contribution is -0.0500. The van der Waals surface area contributed by atoms with Crippen LogP contribution in [0.25, 0.3) is 0 Å². The van der Waals surface area contributed by atoms with Crippen molar-refractivity contribution in [2.24, 2.45) is 5.92 Å². The maximum absolute atomic E-state index is 13.6. The molecule has 1 aromatic rings. The van der Waals surface area contributed by atoms with Crippen molar-refractivity contribution in [1.82, 2.24) is 14.2 Å². The molecule has 138 valence electrons. The fraction of sp³-hybridized carbons (Fsp3) is 0.706. The van der Waals surface area contributed by atoms with Crippen LogP contribution in [0.3, 0.4) is 0 Å². The summed E-state index contributed by atoms with van der Waals surface area (Å²) >= 11 is 0. The first-order valence-corrected chi connectivity index (χ1v) is 10.3. The number of nitrogens with zero attached hydrogens (tertiary/aromatic N) is 3. The van der Waals surface area contributed by atoms with E-state index in [1.807, 2.05) is 0 Å². The van der Waals surface area contributed by atoms with Crippen LogP contribution in [0.5, 0.6) is 5.88 Å². The summed E-state index contributed by atoms with van der Waals surface area (Å²) in [4.78, 5) is 6.21. The second-order valence-electron chi connectivity index (χ2n) is 7.62. The zero-order chi connectivity index (χ0) is 17.7. The number of sulfonamides is 1. The zero-order valence-electron chi connectivity index (χ0n) is 14.4. The van der Waals surface area contributed by atoms with Gasteiger partial charge in [0.25, 0.3) is 0 Å². The molecule has 4 rings (SSSR count). The summed E-state index contributed by atoms with van der Waals surface area (Å²) in [5.41, 5.74) is -0.100. The fourth-order valence-electron chi connectivity index (χ4n) is 3.96. The largest absolute Gasteiger partial charge is 0.475 e. The normalized spacial score (nSPS) is 27.2. The Balaban J connectivity index is 1.37. The summed E-state index contributed by atoms with van der Waals surface area (Å²) in [6.07, 6.45) is 4.94. The lowest BCUT2D eigenvalue weighted by Crippen LogP contribution is -2.72. The van der Waals surface area contributed by atoms with Gasteiger partial charge in [-0.2, -0.15) is 4.31 Å². The van der Waals surface area contributed by atoms with Gasteiger partial charge >= 0.3 is 0 Å². The Bertz CT molecular complexity index is 747. The summed E-state index contributed by atoms with van der Waals surface area (Å²) in [5, 5.41) is -0.148. The molecule has 1 aliphatic carbocycles. The number of likely N-dealkylation sites (tertiary alicyclic amines) is 1. The number of rotatable bonds is 5. The minimum Gasteiger partial charge on any atom is -0.475 e. The van der Waals surface area contributed by atoms with Gasteiger partial charge in [-0.25, -0.2) is 17.8 Å². The topological polar surface area (TPSA) is 62.7 Å². The Morgan fingerprint density at radius 2 is 2.12 bits per heavy atom. The van der Waals surface area contributed by atoms with Crippen LogP contribution in [0, 0.1) is 11.7 Å². The molecule has 0 N–H and O–H groups in total. The molecule has 3 fully saturated rings. The van der Waals surface area contributed by atoms with Crippen LogP contribution >= 0.6 is 0 Å². The number of ether oxygens (including phenoxy) is 1. The van der Waals surface area contributed by atoms with Gasteiger partial charge in [0.2, 0.25) is 15.9 Å². The number of pyridine rings is 1. The van der Waals surface area contributed by atoms with Gasteiger partial charge in [0.1, 0.15) is 0 Å². The van der Waals surface area contributed by atoms with Crippen molar-refractivity contribution in [3.8, 4) is 5.88 Å². The van der Waals surface area contributed by atoms with E-state index in [0.717, 1.165) is 32.2 Å². The summed E-state index contributed by atoms with van der Waals surface area (Å²) in [5.74, 6) is -0.124. The molecule has 3 heterocycles. The first-order chi connectivity index (χ1) is 11.9. The van der Waals surface area contributed by atoms with Crippen molar-refractivity contribution in [1.29, 1.82) is 0 Å². The van der Waals surface area contributed by atoms with Crippen molar-refractivity contribution in [3.05, 3.63) is 24.1 Å². The van der Waals surface area contributed by atoms with Crippen LogP contribution in [-0.4, -0.2) is 66.7 Å². The molecule has 0 amide bonds. The van der Waals surface area contributed by atoms with Gasteiger partial charge in [0, 0.05) is 24.8 Å². The molecule has 0 bridgehead atoms. The molecule has 1 spiro atoms. The first-order valence-electron chi connectivity index (χ1n) is 8.84. The maximum Gasteiger partial charge on any atom is 0.250 e. The van der Waals surface area contributed by atoms with E-state index in [9.17, 15) is 12.8 Å². The Hall–Kier alpha value is -1.25. The van der Waals surface area contributed by atoms with Crippen molar-refractivity contribution in [3.63, 3.8) is 0 Å². The van der Waals surface area contributed by atoms with Crippen LogP contribution < -0.4 is 4.74 Å². The SMILES string of the molecule is CN1CC[C@H](COc2ncccc2F)CC12CN(S(=O)(=O)C1CC1)C2. The van der Waals surface area contributed by atoms with Gasteiger partial charge in [-0.05, 0) is 57.3 Å². The van der Waals surface area contributed by atoms with E-state index in [0.29, 0.717) is 19.7 Å². The van der Waals surface area contributed by atoms with E-state index in [-0.39, 0.29) is 22.6 Å². The smallest absolute Gasteiger partial charge is 0.250 e. The molecule has 0 radical (unpaired) electrons. The van der Waals surface area contributed by atoms with E-state index >= 15 is 0 Å². The summed E-state index contributed by atoms with van der Waals surface area (Å²) in [7, 11) is -1.02. The van der Waals surface area contributed by atoms with Crippen LogP contribution in [0.2, 0.25) is 0 Å². The molecule has 0 unspecified atom stereocenters. The minimum atomic E-state index is -3.09. The minimum absolute atomic E-state index is 0.0435. The van der Waals surface area contributed by atoms with Gasteiger partial charge < -0.3 is 4.74 Å². The molecular weight excluding hydrogens is 345 g/mol. The summed E-state index contributed by atoms with van der Waals surface area (Å²) < 4.78 is 45.6. The average Bonchev–Trinajstić information content (AvgIpc) is 3.38. The number of likely N-dealkylation sites (N-methyl/N-ethyl adjacent to an activating group) is 1. The van der Waals surface area contributed by atoms with Crippen molar-refractivity contribution in [2.45, 2.75) is 36.5 Å². The zero-order valence-corrected chi connectivity index (χ0v) is 15.2. The molecule has 1 atom stereocenters.